The molecular weight excluding hydrogens is 264 g/mol. The Morgan fingerprint density at radius 3 is 2.52 bits per heavy atom. The first-order valence-electron chi connectivity index (χ1n) is 7.39. The van der Waals surface area contributed by atoms with Crippen LogP contribution in [0.25, 0.3) is 0 Å². The van der Waals surface area contributed by atoms with Gasteiger partial charge >= 0.3 is 5.97 Å². The highest BCUT2D eigenvalue weighted by atomic mass is 16.5. The van der Waals surface area contributed by atoms with E-state index < -0.39 is 5.41 Å². The van der Waals surface area contributed by atoms with Gasteiger partial charge in [-0.2, -0.15) is 5.26 Å². The second-order valence-electron chi connectivity index (χ2n) is 5.69. The van der Waals surface area contributed by atoms with Crippen molar-refractivity contribution in [2.24, 2.45) is 0 Å². The first-order chi connectivity index (χ1) is 10.1. The minimum absolute atomic E-state index is 0.152. The number of benzene rings is 1. The number of hydrogen-bond donors (Lipinski definition) is 0. The zero-order valence-electron chi connectivity index (χ0n) is 12.7. The number of nitriles is 1. The molecule has 4 nitrogen and oxygen atoms in total. The van der Waals surface area contributed by atoms with Crippen LogP contribution in [0, 0.1) is 11.3 Å². The van der Waals surface area contributed by atoms with Crippen LogP contribution in [0.3, 0.4) is 0 Å². The number of likely N-dealkylation sites (tertiary alicyclic amines) is 1. The van der Waals surface area contributed by atoms with Crippen LogP contribution in [0.15, 0.2) is 30.3 Å². The molecule has 0 aliphatic carbocycles. The molecule has 1 aliphatic heterocycles. The monoisotopic (exact) mass is 286 g/mol. The van der Waals surface area contributed by atoms with Gasteiger partial charge in [0.05, 0.1) is 25.0 Å². The van der Waals surface area contributed by atoms with Crippen LogP contribution in [0.4, 0.5) is 0 Å². The van der Waals surface area contributed by atoms with E-state index in [9.17, 15) is 4.79 Å². The van der Waals surface area contributed by atoms with Gasteiger partial charge < -0.3 is 4.74 Å². The van der Waals surface area contributed by atoms with Crippen molar-refractivity contribution in [3.05, 3.63) is 35.9 Å². The standard InChI is InChI=1S/C17H22N2O2/c1-14(8-11-18)19-12-9-17(10-13-19,16(20)21-2)15-6-4-3-5-7-15/h3-7,14H,8-10,12-13H2,1-2H3/t14-/m1/s1. The van der Waals surface area contributed by atoms with Gasteiger partial charge in [-0.1, -0.05) is 30.3 Å². The highest BCUT2D eigenvalue weighted by molar-refractivity contribution is 5.83. The van der Waals surface area contributed by atoms with Crippen molar-refractivity contribution in [1.82, 2.24) is 4.90 Å². The Bertz CT molecular complexity index is 513. The number of piperidine rings is 1. The Hall–Kier alpha value is -1.86. The molecule has 1 heterocycles. The zero-order chi connectivity index (χ0) is 15.3. The Kier molecular flexibility index (Phi) is 4.98. The number of hydrogen-bond acceptors (Lipinski definition) is 4. The van der Waals surface area contributed by atoms with Gasteiger partial charge in [0.2, 0.25) is 0 Å². The lowest BCUT2D eigenvalue weighted by Crippen LogP contribution is -2.50. The van der Waals surface area contributed by atoms with Crippen LogP contribution in [0.1, 0.15) is 31.7 Å². The fourth-order valence-corrected chi connectivity index (χ4v) is 3.17. The molecule has 1 aromatic rings. The van der Waals surface area contributed by atoms with E-state index in [-0.39, 0.29) is 12.0 Å². The lowest BCUT2D eigenvalue weighted by Gasteiger charge is -2.41. The molecule has 1 fully saturated rings. The summed E-state index contributed by atoms with van der Waals surface area (Å²) in [6, 6.07) is 12.3. The van der Waals surface area contributed by atoms with Gasteiger partial charge in [0.25, 0.3) is 0 Å². The molecule has 0 spiro atoms. The van der Waals surface area contributed by atoms with Gasteiger partial charge in [0.1, 0.15) is 0 Å². The van der Waals surface area contributed by atoms with E-state index in [0.29, 0.717) is 6.42 Å². The largest absolute Gasteiger partial charge is 0.468 e. The average Bonchev–Trinajstić information content (AvgIpc) is 2.55. The number of carbonyl (C=O) groups is 1. The summed E-state index contributed by atoms with van der Waals surface area (Å²) < 4.78 is 5.08. The Balaban J connectivity index is 2.19. The van der Waals surface area contributed by atoms with Crippen molar-refractivity contribution < 1.29 is 9.53 Å². The second kappa shape index (κ2) is 6.73. The average molecular weight is 286 g/mol. The molecule has 0 saturated carbocycles. The minimum atomic E-state index is -0.543. The van der Waals surface area contributed by atoms with Gasteiger partial charge in [0.15, 0.2) is 0 Å². The SMILES string of the molecule is COC(=O)C1(c2ccccc2)CCN([C@H](C)CC#N)CC1. The van der Waals surface area contributed by atoms with Crippen molar-refractivity contribution >= 4 is 5.97 Å². The van der Waals surface area contributed by atoms with Gasteiger partial charge in [-0.05, 0) is 38.4 Å². The normalized spacial score (nSPS) is 19.5. The Morgan fingerprint density at radius 2 is 2.00 bits per heavy atom. The third kappa shape index (κ3) is 3.08. The van der Waals surface area contributed by atoms with E-state index in [2.05, 4.69) is 17.9 Å². The van der Waals surface area contributed by atoms with Crippen molar-refractivity contribution in [2.45, 2.75) is 37.6 Å². The van der Waals surface area contributed by atoms with E-state index in [4.69, 9.17) is 10.00 Å². The first kappa shape index (κ1) is 15.5. The number of rotatable bonds is 4. The van der Waals surface area contributed by atoms with Crippen molar-refractivity contribution in [1.29, 1.82) is 5.26 Å². The van der Waals surface area contributed by atoms with Crippen molar-refractivity contribution in [3.63, 3.8) is 0 Å². The van der Waals surface area contributed by atoms with Crippen molar-refractivity contribution in [2.75, 3.05) is 20.2 Å². The fraction of sp³-hybridized carbons (Fsp3) is 0.529. The molecule has 0 bridgehead atoms. The van der Waals surface area contributed by atoms with Crippen LogP contribution in [0.5, 0.6) is 0 Å². The predicted molar refractivity (Wildman–Crippen MR) is 80.6 cm³/mol. The maximum atomic E-state index is 12.4. The summed E-state index contributed by atoms with van der Waals surface area (Å²) in [5, 5.41) is 8.82. The maximum Gasteiger partial charge on any atom is 0.316 e. The molecule has 0 aromatic heterocycles. The van der Waals surface area contributed by atoms with E-state index in [0.717, 1.165) is 31.5 Å². The van der Waals surface area contributed by atoms with E-state index in [1.807, 2.05) is 30.3 Å². The number of carbonyl (C=O) groups excluding carboxylic acids is 1. The molecule has 1 saturated heterocycles. The smallest absolute Gasteiger partial charge is 0.316 e. The van der Waals surface area contributed by atoms with Crippen LogP contribution in [-0.4, -0.2) is 37.1 Å². The third-order valence-electron chi connectivity index (χ3n) is 4.56. The Morgan fingerprint density at radius 1 is 1.38 bits per heavy atom. The maximum absolute atomic E-state index is 12.4. The number of esters is 1. The lowest BCUT2D eigenvalue weighted by atomic mass is 9.72. The van der Waals surface area contributed by atoms with Crippen LogP contribution in [-0.2, 0) is 14.9 Å². The molecule has 0 amide bonds. The predicted octanol–water partition coefficient (Wildman–Crippen LogP) is 2.50. The van der Waals surface area contributed by atoms with Crippen molar-refractivity contribution in [3.8, 4) is 6.07 Å². The molecule has 21 heavy (non-hydrogen) atoms. The third-order valence-corrected chi connectivity index (χ3v) is 4.56. The summed E-state index contributed by atoms with van der Waals surface area (Å²) in [7, 11) is 1.46. The minimum Gasteiger partial charge on any atom is -0.468 e. The van der Waals surface area contributed by atoms with Crippen LogP contribution in [0.2, 0.25) is 0 Å². The van der Waals surface area contributed by atoms with Gasteiger partial charge in [-0.25, -0.2) is 0 Å². The molecular formula is C17H22N2O2. The zero-order valence-corrected chi connectivity index (χ0v) is 12.7. The molecule has 1 aliphatic rings. The molecule has 112 valence electrons. The summed E-state index contributed by atoms with van der Waals surface area (Å²) in [5.74, 6) is -0.152. The quantitative estimate of drug-likeness (QED) is 0.798. The number of ether oxygens (including phenoxy) is 1. The number of methoxy groups -OCH3 is 1. The summed E-state index contributed by atoms with van der Waals surface area (Å²) >= 11 is 0. The van der Waals surface area contributed by atoms with E-state index in [1.165, 1.54) is 7.11 Å². The first-order valence-corrected chi connectivity index (χ1v) is 7.39. The lowest BCUT2D eigenvalue weighted by molar-refractivity contribution is -0.150. The molecule has 4 heteroatoms. The summed E-state index contributed by atoms with van der Waals surface area (Å²) in [5.41, 5.74) is 0.489. The second-order valence-corrected chi connectivity index (χ2v) is 5.69. The molecule has 0 radical (unpaired) electrons. The van der Waals surface area contributed by atoms with E-state index >= 15 is 0 Å². The van der Waals surface area contributed by atoms with E-state index in [1.54, 1.807) is 0 Å². The topological polar surface area (TPSA) is 53.3 Å². The molecule has 1 atom stereocenters. The molecule has 2 rings (SSSR count). The highest BCUT2D eigenvalue weighted by Gasteiger charge is 2.44. The van der Waals surface area contributed by atoms with Crippen LogP contribution < -0.4 is 0 Å². The summed E-state index contributed by atoms with van der Waals surface area (Å²) in [4.78, 5) is 14.7. The molecule has 0 unspecified atom stereocenters. The number of nitrogens with zero attached hydrogens (tertiary/aromatic N) is 2. The van der Waals surface area contributed by atoms with Gasteiger partial charge in [-0.15, -0.1) is 0 Å². The highest BCUT2D eigenvalue weighted by Crippen LogP contribution is 2.37. The summed E-state index contributed by atoms with van der Waals surface area (Å²) in [6.07, 6.45) is 2.00. The van der Waals surface area contributed by atoms with Crippen LogP contribution >= 0.6 is 0 Å². The molecule has 0 N–H and O–H groups in total. The fourth-order valence-electron chi connectivity index (χ4n) is 3.17. The molecule has 1 aromatic carbocycles. The summed E-state index contributed by atoms with van der Waals surface area (Å²) in [6.45, 7) is 3.69. The van der Waals surface area contributed by atoms with Gasteiger partial charge in [-0.3, -0.25) is 9.69 Å². The van der Waals surface area contributed by atoms with Gasteiger partial charge in [0, 0.05) is 6.04 Å². The Labute approximate surface area is 126 Å².